The topological polar surface area (TPSA) is 41.9 Å². The Hall–Kier alpha value is -0.160. The summed E-state index contributed by atoms with van der Waals surface area (Å²) in [5.74, 6) is -0.527. The van der Waals surface area contributed by atoms with Gasteiger partial charge in [0.05, 0.1) is 6.10 Å². The van der Waals surface area contributed by atoms with Crippen LogP contribution in [0.3, 0.4) is 0 Å². The summed E-state index contributed by atoms with van der Waals surface area (Å²) in [6.45, 7) is 5.83. The molecule has 3 saturated heterocycles. The first kappa shape index (κ1) is 9.09. The van der Waals surface area contributed by atoms with Crippen molar-refractivity contribution in [3.63, 3.8) is 0 Å². The molecule has 0 aromatic carbocycles. The van der Waals surface area contributed by atoms with Crippen LogP contribution in [0.4, 0.5) is 0 Å². The van der Waals surface area contributed by atoms with E-state index in [1.54, 1.807) is 0 Å². The van der Waals surface area contributed by atoms with Crippen LogP contribution in [0.15, 0.2) is 0 Å². The van der Waals surface area contributed by atoms with Crippen molar-refractivity contribution in [1.29, 1.82) is 0 Å². The molecule has 80 valence electrons. The number of hydrogen-bond donors (Lipinski definition) is 1. The number of hydrogen-bond acceptors (Lipinski definition) is 4. The minimum atomic E-state index is -0.527. The van der Waals surface area contributed by atoms with Gasteiger partial charge >= 0.3 is 0 Å². The van der Waals surface area contributed by atoms with Crippen LogP contribution in [0.2, 0.25) is 0 Å². The third-order valence-electron chi connectivity index (χ3n) is 3.55. The van der Waals surface area contributed by atoms with Gasteiger partial charge in [0.1, 0.15) is 12.2 Å². The smallest absolute Gasteiger partial charge is 0.163 e. The van der Waals surface area contributed by atoms with Crippen molar-refractivity contribution < 1.29 is 14.6 Å². The number of fused-ring (bicyclic) bond motifs is 2. The van der Waals surface area contributed by atoms with E-state index >= 15 is 0 Å². The Labute approximate surface area is 83.8 Å². The maximum Gasteiger partial charge on any atom is 0.163 e. The number of aliphatic hydroxyl groups is 1. The van der Waals surface area contributed by atoms with Crippen molar-refractivity contribution >= 4 is 0 Å². The molecule has 14 heavy (non-hydrogen) atoms. The summed E-state index contributed by atoms with van der Waals surface area (Å²) in [5, 5.41) is 10.1. The highest BCUT2D eigenvalue weighted by Crippen LogP contribution is 2.38. The van der Waals surface area contributed by atoms with Crippen molar-refractivity contribution in [2.75, 3.05) is 13.1 Å². The van der Waals surface area contributed by atoms with Crippen molar-refractivity contribution in [3.05, 3.63) is 0 Å². The summed E-state index contributed by atoms with van der Waals surface area (Å²) < 4.78 is 11.5. The van der Waals surface area contributed by atoms with Gasteiger partial charge in [-0.05, 0) is 20.3 Å². The normalized spacial score (nSPS) is 50.8. The van der Waals surface area contributed by atoms with Gasteiger partial charge in [-0.15, -0.1) is 0 Å². The van der Waals surface area contributed by atoms with Crippen LogP contribution in [0, 0.1) is 0 Å². The Morgan fingerprint density at radius 2 is 2.14 bits per heavy atom. The zero-order valence-electron chi connectivity index (χ0n) is 8.64. The highest BCUT2D eigenvalue weighted by molar-refractivity contribution is 5.03. The monoisotopic (exact) mass is 199 g/mol. The van der Waals surface area contributed by atoms with Gasteiger partial charge in [0.2, 0.25) is 0 Å². The maximum atomic E-state index is 10.1. The van der Waals surface area contributed by atoms with Gasteiger partial charge in [-0.1, -0.05) is 0 Å². The Bertz CT molecular complexity index is 256. The van der Waals surface area contributed by atoms with E-state index < -0.39 is 5.79 Å². The number of ether oxygens (including phenoxy) is 2. The standard InChI is InChI=1S/C10H17NO3/c1-10(2)13-7-5-11-4-3-6(11)8(12)9(7)14-10/h6-9,12H,3-5H2,1-2H3/t6-,7+,8+,9-/m1/s1. The molecule has 0 aliphatic carbocycles. The molecule has 0 unspecified atom stereocenters. The minimum Gasteiger partial charge on any atom is -0.389 e. The van der Waals surface area contributed by atoms with Gasteiger partial charge in [-0.25, -0.2) is 0 Å². The molecule has 1 N–H and O–H groups in total. The van der Waals surface area contributed by atoms with Crippen LogP contribution in [0.1, 0.15) is 20.3 Å². The second-order valence-corrected chi connectivity index (χ2v) is 4.98. The molecule has 3 rings (SSSR count). The first-order valence-electron chi connectivity index (χ1n) is 5.35. The van der Waals surface area contributed by atoms with Crippen LogP contribution in [-0.2, 0) is 9.47 Å². The van der Waals surface area contributed by atoms with E-state index in [1.165, 1.54) is 0 Å². The minimum absolute atomic E-state index is 0.0524. The second kappa shape index (κ2) is 2.70. The molecule has 4 atom stereocenters. The Kier molecular flexibility index (Phi) is 1.75. The molecule has 3 heterocycles. The molecule has 0 saturated carbocycles. The number of rotatable bonds is 0. The zero-order valence-corrected chi connectivity index (χ0v) is 8.64. The molecule has 0 amide bonds. The van der Waals surface area contributed by atoms with Gasteiger partial charge in [-0.3, -0.25) is 4.90 Å². The van der Waals surface area contributed by atoms with E-state index in [2.05, 4.69) is 4.90 Å². The Morgan fingerprint density at radius 1 is 1.36 bits per heavy atom. The molecule has 0 aromatic heterocycles. The predicted molar refractivity (Wildman–Crippen MR) is 49.8 cm³/mol. The average Bonchev–Trinajstić information content (AvgIpc) is 2.33. The van der Waals surface area contributed by atoms with E-state index in [0.29, 0.717) is 6.04 Å². The van der Waals surface area contributed by atoms with Crippen molar-refractivity contribution in [2.24, 2.45) is 0 Å². The average molecular weight is 199 g/mol. The van der Waals surface area contributed by atoms with Crippen LogP contribution < -0.4 is 0 Å². The summed E-state index contributed by atoms with van der Waals surface area (Å²) in [5.41, 5.74) is 0. The molecule has 3 aliphatic rings. The number of nitrogens with zero attached hydrogens (tertiary/aromatic N) is 1. The highest BCUT2D eigenvalue weighted by atomic mass is 16.8. The van der Waals surface area contributed by atoms with E-state index in [4.69, 9.17) is 9.47 Å². The lowest BCUT2D eigenvalue weighted by Gasteiger charge is -2.50. The van der Waals surface area contributed by atoms with Gasteiger partial charge in [0, 0.05) is 19.1 Å². The van der Waals surface area contributed by atoms with Crippen LogP contribution >= 0.6 is 0 Å². The lowest BCUT2D eigenvalue weighted by Crippen LogP contribution is -2.66. The van der Waals surface area contributed by atoms with Crippen molar-refractivity contribution in [2.45, 2.75) is 50.4 Å². The summed E-state index contributed by atoms with van der Waals surface area (Å²) >= 11 is 0. The summed E-state index contributed by atoms with van der Waals surface area (Å²) in [6, 6.07) is 0.314. The first-order valence-corrected chi connectivity index (χ1v) is 5.35. The number of aliphatic hydroxyl groups excluding tert-OH is 1. The van der Waals surface area contributed by atoms with Crippen LogP contribution in [-0.4, -0.2) is 53.2 Å². The molecular weight excluding hydrogens is 182 g/mol. The zero-order chi connectivity index (χ0) is 9.92. The summed E-state index contributed by atoms with van der Waals surface area (Å²) in [4.78, 5) is 2.29. The van der Waals surface area contributed by atoms with E-state index in [-0.39, 0.29) is 18.3 Å². The predicted octanol–water partition coefficient (Wildman–Crippen LogP) is -0.0447. The largest absolute Gasteiger partial charge is 0.389 e. The molecular formula is C10H17NO3. The van der Waals surface area contributed by atoms with Gasteiger partial charge in [0.15, 0.2) is 5.79 Å². The lowest BCUT2D eigenvalue weighted by atomic mass is 9.86. The van der Waals surface area contributed by atoms with Crippen LogP contribution in [0.5, 0.6) is 0 Å². The fourth-order valence-electron chi connectivity index (χ4n) is 2.82. The van der Waals surface area contributed by atoms with Gasteiger partial charge in [0.25, 0.3) is 0 Å². The molecule has 0 spiro atoms. The van der Waals surface area contributed by atoms with E-state index in [0.717, 1.165) is 19.5 Å². The molecule has 4 nitrogen and oxygen atoms in total. The van der Waals surface area contributed by atoms with E-state index in [1.807, 2.05) is 13.8 Å². The molecule has 0 bridgehead atoms. The first-order chi connectivity index (χ1) is 6.57. The lowest BCUT2D eigenvalue weighted by molar-refractivity contribution is -0.157. The molecule has 0 aromatic rings. The maximum absolute atomic E-state index is 10.1. The third-order valence-corrected chi connectivity index (χ3v) is 3.55. The fourth-order valence-corrected chi connectivity index (χ4v) is 2.82. The van der Waals surface area contributed by atoms with Crippen molar-refractivity contribution in [1.82, 2.24) is 4.90 Å². The van der Waals surface area contributed by atoms with Gasteiger partial charge < -0.3 is 14.6 Å². The SMILES string of the molecule is CC1(C)O[C@H]2[C@@H](O)[C@H]3CCN3C[C@@H]2O1. The third kappa shape index (κ3) is 1.15. The van der Waals surface area contributed by atoms with Crippen molar-refractivity contribution in [3.8, 4) is 0 Å². The Morgan fingerprint density at radius 3 is 2.79 bits per heavy atom. The highest BCUT2D eigenvalue weighted by Gasteiger charge is 2.54. The molecule has 3 aliphatic heterocycles. The molecule has 4 heteroatoms. The molecule has 0 radical (unpaired) electrons. The second-order valence-electron chi connectivity index (χ2n) is 4.98. The van der Waals surface area contributed by atoms with Gasteiger partial charge in [-0.2, -0.15) is 0 Å². The van der Waals surface area contributed by atoms with Crippen LogP contribution in [0.25, 0.3) is 0 Å². The Balaban J connectivity index is 1.81. The van der Waals surface area contributed by atoms with E-state index in [9.17, 15) is 5.11 Å². The quantitative estimate of drug-likeness (QED) is 0.594. The number of piperidine rings is 1. The summed E-state index contributed by atoms with van der Waals surface area (Å²) in [6.07, 6.45) is 0.654. The summed E-state index contributed by atoms with van der Waals surface area (Å²) in [7, 11) is 0. The fraction of sp³-hybridized carbons (Fsp3) is 1.00. The molecule has 3 fully saturated rings.